The van der Waals surface area contributed by atoms with Crippen molar-refractivity contribution in [3.05, 3.63) is 60.3 Å². The summed E-state index contributed by atoms with van der Waals surface area (Å²) in [6, 6.07) is 18.7. The number of nitrogens with zero attached hydrogens (tertiary/aromatic N) is 1. The van der Waals surface area contributed by atoms with Crippen LogP contribution in [0.15, 0.2) is 54.7 Å². The SMILES string of the molecule is N#CCc1c[nH]c2cccc(-c3ccccc3)c12. The van der Waals surface area contributed by atoms with Crippen molar-refractivity contribution in [2.75, 3.05) is 0 Å². The molecule has 0 saturated heterocycles. The van der Waals surface area contributed by atoms with E-state index >= 15 is 0 Å². The van der Waals surface area contributed by atoms with E-state index in [1.807, 2.05) is 36.5 Å². The number of H-pyrrole nitrogens is 1. The van der Waals surface area contributed by atoms with Gasteiger partial charge in [-0.2, -0.15) is 5.26 Å². The Bertz CT molecular complexity index is 718. The average molecular weight is 232 g/mol. The van der Waals surface area contributed by atoms with Crippen LogP contribution in [-0.2, 0) is 6.42 Å². The molecule has 0 aliphatic carbocycles. The van der Waals surface area contributed by atoms with E-state index in [9.17, 15) is 0 Å². The molecule has 0 radical (unpaired) electrons. The molecule has 0 saturated carbocycles. The number of hydrogen-bond donors (Lipinski definition) is 1. The second-order valence-corrected chi connectivity index (χ2v) is 4.24. The van der Waals surface area contributed by atoms with Crippen molar-refractivity contribution in [2.45, 2.75) is 6.42 Å². The molecule has 0 unspecified atom stereocenters. The van der Waals surface area contributed by atoms with Gasteiger partial charge in [-0.1, -0.05) is 42.5 Å². The molecule has 0 bridgehead atoms. The van der Waals surface area contributed by atoms with Gasteiger partial charge >= 0.3 is 0 Å². The first-order chi connectivity index (χ1) is 8.90. The highest BCUT2D eigenvalue weighted by Gasteiger charge is 2.09. The highest BCUT2D eigenvalue weighted by molar-refractivity contribution is 5.97. The monoisotopic (exact) mass is 232 g/mol. The Morgan fingerprint density at radius 3 is 2.61 bits per heavy atom. The van der Waals surface area contributed by atoms with Gasteiger partial charge in [0.15, 0.2) is 0 Å². The van der Waals surface area contributed by atoms with Crippen LogP contribution in [0, 0.1) is 11.3 Å². The molecule has 0 amide bonds. The summed E-state index contributed by atoms with van der Waals surface area (Å²) in [6.45, 7) is 0. The van der Waals surface area contributed by atoms with Gasteiger partial charge in [-0.25, -0.2) is 0 Å². The van der Waals surface area contributed by atoms with Crippen molar-refractivity contribution < 1.29 is 0 Å². The van der Waals surface area contributed by atoms with Gasteiger partial charge in [0.1, 0.15) is 0 Å². The molecule has 0 aliphatic rings. The Kier molecular flexibility index (Phi) is 2.59. The number of nitriles is 1. The lowest BCUT2D eigenvalue weighted by atomic mass is 9.98. The summed E-state index contributed by atoms with van der Waals surface area (Å²) in [6.07, 6.45) is 2.37. The van der Waals surface area contributed by atoms with Gasteiger partial charge in [-0.15, -0.1) is 0 Å². The number of aromatic nitrogens is 1. The zero-order valence-electron chi connectivity index (χ0n) is 9.85. The number of nitrogens with one attached hydrogen (secondary N) is 1. The third-order valence-electron chi connectivity index (χ3n) is 3.14. The van der Waals surface area contributed by atoms with Crippen LogP contribution in [0.5, 0.6) is 0 Å². The summed E-state index contributed by atoms with van der Waals surface area (Å²) >= 11 is 0. The van der Waals surface area contributed by atoms with Crippen molar-refractivity contribution in [3.63, 3.8) is 0 Å². The van der Waals surface area contributed by atoms with Crippen molar-refractivity contribution in [1.82, 2.24) is 4.98 Å². The second kappa shape index (κ2) is 4.38. The van der Waals surface area contributed by atoms with Crippen LogP contribution in [0.1, 0.15) is 5.56 Å². The molecule has 0 aliphatic heterocycles. The van der Waals surface area contributed by atoms with Crippen LogP contribution < -0.4 is 0 Å². The molecule has 2 nitrogen and oxygen atoms in total. The van der Waals surface area contributed by atoms with Crippen LogP contribution in [0.3, 0.4) is 0 Å². The van der Waals surface area contributed by atoms with Crippen molar-refractivity contribution >= 4 is 10.9 Å². The number of benzene rings is 2. The summed E-state index contributed by atoms with van der Waals surface area (Å²) in [4.78, 5) is 3.23. The quantitative estimate of drug-likeness (QED) is 0.715. The lowest BCUT2D eigenvalue weighted by Gasteiger charge is -2.05. The first-order valence-corrected chi connectivity index (χ1v) is 5.91. The summed E-state index contributed by atoms with van der Waals surface area (Å²) in [5.74, 6) is 0. The minimum absolute atomic E-state index is 0.434. The standard InChI is InChI=1S/C16H12N2/c17-10-9-13-11-18-15-8-4-7-14(16(13)15)12-5-2-1-3-6-12/h1-8,11,18H,9H2. The lowest BCUT2D eigenvalue weighted by molar-refractivity contribution is 1.28. The maximum atomic E-state index is 8.90. The smallest absolute Gasteiger partial charge is 0.0670 e. The van der Waals surface area contributed by atoms with Crippen molar-refractivity contribution in [1.29, 1.82) is 5.26 Å². The minimum Gasteiger partial charge on any atom is -0.361 e. The molecule has 0 spiro atoms. The predicted molar refractivity (Wildman–Crippen MR) is 73.1 cm³/mol. The van der Waals surface area contributed by atoms with Crippen LogP contribution in [0.4, 0.5) is 0 Å². The maximum Gasteiger partial charge on any atom is 0.0670 e. The molecule has 3 aromatic rings. The van der Waals surface area contributed by atoms with E-state index < -0.39 is 0 Å². The Morgan fingerprint density at radius 1 is 1.00 bits per heavy atom. The number of aromatic amines is 1. The molecule has 1 heterocycles. The highest BCUT2D eigenvalue weighted by Crippen LogP contribution is 2.31. The zero-order chi connectivity index (χ0) is 12.4. The average Bonchev–Trinajstić information content (AvgIpc) is 2.84. The maximum absolute atomic E-state index is 8.90. The number of fused-ring (bicyclic) bond motifs is 1. The van der Waals surface area contributed by atoms with Crippen LogP contribution in [0.2, 0.25) is 0 Å². The minimum atomic E-state index is 0.434. The van der Waals surface area contributed by atoms with E-state index in [4.69, 9.17) is 5.26 Å². The van der Waals surface area contributed by atoms with Crippen molar-refractivity contribution in [2.24, 2.45) is 0 Å². The molecule has 1 N–H and O–H groups in total. The number of hydrogen-bond acceptors (Lipinski definition) is 1. The first-order valence-electron chi connectivity index (χ1n) is 5.91. The summed E-state index contributed by atoms with van der Waals surface area (Å²) in [5, 5.41) is 10.1. The molecule has 0 fully saturated rings. The molecule has 3 rings (SSSR count). The van der Waals surface area contributed by atoms with E-state index in [0.717, 1.165) is 16.5 Å². The number of rotatable bonds is 2. The van der Waals surface area contributed by atoms with Gasteiger partial charge < -0.3 is 4.98 Å². The first kappa shape index (κ1) is 10.6. The van der Waals surface area contributed by atoms with Gasteiger partial charge in [-0.3, -0.25) is 0 Å². The normalized spacial score (nSPS) is 10.4. The van der Waals surface area contributed by atoms with E-state index in [-0.39, 0.29) is 0 Å². The van der Waals surface area contributed by atoms with Crippen molar-refractivity contribution in [3.8, 4) is 17.2 Å². The van der Waals surface area contributed by atoms with Gasteiger partial charge in [0, 0.05) is 17.1 Å². The van der Waals surface area contributed by atoms with E-state index in [0.29, 0.717) is 6.42 Å². The predicted octanol–water partition coefficient (Wildman–Crippen LogP) is 3.90. The fourth-order valence-electron chi connectivity index (χ4n) is 2.34. The lowest BCUT2D eigenvalue weighted by Crippen LogP contribution is -1.83. The van der Waals surface area contributed by atoms with Crippen LogP contribution in [0.25, 0.3) is 22.0 Å². The molecule has 18 heavy (non-hydrogen) atoms. The van der Waals surface area contributed by atoms with Crippen LogP contribution in [-0.4, -0.2) is 4.98 Å². The summed E-state index contributed by atoms with van der Waals surface area (Å²) in [7, 11) is 0. The Morgan fingerprint density at radius 2 is 1.83 bits per heavy atom. The molecular weight excluding hydrogens is 220 g/mol. The van der Waals surface area contributed by atoms with Gasteiger partial charge in [-0.05, 0) is 22.8 Å². The summed E-state index contributed by atoms with van der Waals surface area (Å²) < 4.78 is 0. The third-order valence-corrected chi connectivity index (χ3v) is 3.14. The van der Waals surface area contributed by atoms with E-state index in [2.05, 4.69) is 29.3 Å². The van der Waals surface area contributed by atoms with Gasteiger partial charge in [0.2, 0.25) is 0 Å². The Balaban J connectivity index is 2.29. The fraction of sp³-hybridized carbons (Fsp3) is 0.0625. The van der Waals surface area contributed by atoms with Gasteiger partial charge in [0.25, 0.3) is 0 Å². The highest BCUT2D eigenvalue weighted by atomic mass is 14.7. The largest absolute Gasteiger partial charge is 0.361 e. The van der Waals surface area contributed by atoms with Gasteiger partial charge in [0.05, 0.1) is 12.5 Å². The van der Waals surface area contributed by atoms with Crippen LogP contribution >= 0.6 is 0 Å². The Hall–Kier alpha value is -2.53. The summed E-state index contributed by atoms with van der Waals surface area (Å²) in [5.41, 5.74) is 4.51. The topological polar surface area (TPSA) is 39.6 Å². The molecule has 2 heteroatoms. The molecule has 86 valence electrons. The van der Waals surface area contributed by atoms with E-state index in [1.54, 1.807) is 0 Å². The third kappa shape index (κ3) is 1.66. The molecule has 1 aromatic heterocycles. The van der Waals surface area contributed by atoms with E-state index in [1.165, 1.54) is 11.1 Å². The second-order valence-electron chi connectivity index (χ2n) is 4.24. The molecule has 2 aromatic carbocycles. The zero-order valence-corrected chi connectivity index (χ0v) is 9.85. The molecular formula is C16H12N2. The molecule has 0 atom stereocenters. The fourth-order valence-corrected chi connectivity index (χ4v) is 2.34. The Labute approximate surface area is 106 Å².